The third-order valence-corrected chi connectivity index (χ3v) is 2.52. The molecular weight excluding hydrogens is 192 g/mol. The topological polar surface area (TPSA) is 57.0 Å². The van der Waals surface area contributed by atoms with Gasteiger partial charge in [-0.25, -0.2) is 9.55 Å². The van der Waals surface area contributed by atoms with Gasteiger partial charge >= 0.3 is 5.97 Å². The second-order valence-electron chi connectivity index (χ2n) is 3.54. The Balaban J connectivity index is 2.36. The van der Waals surface area contributed by atoms with Gasteiger partial charge in [0.1, 0.15) is 0 Å². The Bertz CT molecular complexity index is 502. The van der Waals surface area contributed by atoms with Crippen molar-refractivity contribution >= 4 is 17.0 Å². The minimum Gasteiger partial charge on any atom is -0.481 e. The quantitative estimate of drug-likeness (QED) is 0.735. The molecule has 0 unspecified atom stereocenters. The Morgan fingerprint density at radius 3 is 2.87 bits per heavy atom. The maximum atomic E-state index is 10.5. The number of hydrogen-bond donors (Lipinski definition) is 2. The molecule has 0 radical (unpaired) electrons. The summed E-state index contributed by atoms with van der Waals surface area (Å²) < 4.78 is 2.00. The molecule has 2 rings (SSSR count). The van der Waals surface area contributed by atoms with Gasteiger partial charge in [0.25, 0.3) is 5.82 Å². The number of aryl methyl sites for hydroxylation is 2. The fraction of sp³-hybridized carbons (Fsp3) is 0.273. The smallest absolute Gasteiger partial charge is 0.303 e. The van der Waals surface area contributed by atoms with Gasteiger partial charge in [-0.2, -0.15) is 0 Å². The van der Waals surface area contributed by atoms with Gasteiger partial charge in [0.15, 0.2) is 11.0 Å². The normalized spacial score (nSPS) is 10.7. The van der Waals surface area contributed by atoms with Gasteiger partial charge < -0.3 is 5.11 Å². The predicted molar refractivity (Wildman–Crippen MR) is 55.4 cm³/mol. The van der Waals surface area contributed by atoms with Crippen LogP contribution in [0.15, 0.2) is 24.3 Å². The van der Waals surface area contributed by atoms with Crippen LogP contribution in [0.25, 0.3) is 11.0 Å². The lowest BCUT2D eigenvalue weighted by atomic mass is 10.3. The van der Waals surface area contributed by atoms with Crippen LogP contribution in [0, 0.1) is 0 Å². The van der Waals surface area contributed by atoms with Crippen LogP contribution in [0.1, 0.15) is 12.2 Å². The number of fused-ring (bicyclic) bond motifs is 1. The number of aromatic nitrogens is 2. The molecule has 78 valence electrons. The summed E-state index contributed by atoms with van der Waals surface area (Å²) in [4.78, 5) is 13.7. The van der Waals surface area contributed by atoms with Crippen LogP contribution >= 0.6 is 0 Å². The van der Waals surface area contributed by atoms with Gasteiger partial charge in [-0.3, -0.25) is 4.79 Å². The highest BCUT2D eigenvalue weighted by atomic mass is 16.4. The van der Waals surface area contributed by atoms with Crippen molar-refractivity contribution in [2.45, 2.75) is 12.8 Å². The molecule has 2 N–H and O–H groups in total. The van der Waals surface area contributed by atoms with Crippen LogP contribution in [0.4, 0.5) is 0 Å². The fourth-order valence-electron chi connectivity index (χ4n) is 1.71. The Hall–Kier alpha value is -1.84. The van der Waals surface area contributed by atoms with Gasteiger partial charge in [0.2, 0.25) is 0 Å². The van der Waals surface area contributed by atoms with E-state index in [-0.39, 0.29) is 6.42 Å². The molecule has 0 spiro atoms. The molecule has 0 aliphatic heterocycles. The Kier molecular flexibility index (Phi) is 2.41. The number of H-pyrrole nitrogens is 1. The van der Waals surface area contributed by atoms with Crippen molar-refractivity contribution < 1.29 is 14.5 Å². The lowest BCUT2D eigenvalue weighted by Crippen LogP contribution is -2.31. The molecule has 0 atom stereocenters. The summed E-state index contributed by atoms with van der Waals surface area (Å²) in [5.41, 5.74) is 2.14. The van der Waals surface area contributed by atoms with Crippen molar-refractivity contribution in [3.05, 3.63) is 30.1 Å². The van der Waals surface area contributed by atoms with Crippen LogP contribution in [-0.4, -0.2) is 16.1 Å². The molecule has 1 heterocycles. The second-order valence-corrected chi connectivity index (χ2v) is 3.54. The number of rotatable bonds is 3. The van der Waals surface area contributed by atoms with Crippen LogP contribution < -0.4 is 4.57 Å². The standard InChI is InChI=1S/C11H12N2O2/c1-13-9-5-3-2-4-8(9)12-10(13)6-7-11(14)15/h2-5H,6-7H2,1H3,(H,14,15)/p+1. The zero-order chi connectivity index (χ0) is 10.8. The molecular formula is C11H13N2O2+. The average Bonchev–Trinajstić information content (AvgIpc) is 2.54. The molecule has 0 aliphatic rings. The van der Waals surface area contributed by atoms with Crippen LogP contribution in [0.2, 0.25) is 0 Å². The number of carbonyl (C=O) groups is 1. The van der Waals surface area contributed by atoms with Crippen molar-refractivity contribution in [2.75, 3.05) is 0 Å². The summed E-state index contributed by atoms with van der Waals surface area (Å²) in [5, 5.41) is 8.62. The highest BCUT2D eigenvalue weighted by Gasteiger charge is 2.15. The molecule has 4 nitrogen and oxygen atoms in total. The number of aromatic amines is 1. The summed E-state index contributed by atoms with van der Waals surface area (Å²) in [6.07, 6.45) is 0.682. The maximum absolute atomic E-state index is 10.5. The first-order valence-corrected chi connectivity index (χ1v) is 4.86. The number of hydrogen-bond acceptors (Lipinski definition) is 1. The summed E-state index contributed by atoms with van der Waals surface area (Å²) in [7, 11) is 1.94. The van der Waals surface area contributed by atoms with Crippen molar-refractivity contribution in [1.82, 2.24) is 4.98 Å². The SMILES string of the molecule is C[n+]1c(CCC(=O)O)[nH]c2ccccc21. The maximum Gasteiger partial charge on any atom is 0.303 e. The largest absolute Gasteiger partial charge is 0.481 e. The van der Waals surface area contributed by atoms with E-state index in [4.69, 9.17) is 5.11 Å². The van der Waals surface area contributed by atoms with E-state index in [2.05, 4.69) is 4.98 Å². The van der Waals surface area contributed by atoms with E-state index >= 15 is 0 Å². The molecule has 1 aromatic heterocycles. The lowest BCUT2D eigenvalue weighted by molar-refractivity contribution is -0.652. The average molecular weight is 205 g/mol. The Labute approximate surface area is 87.2 Å². The molecule has 4 heteroatoms. The summed E-state index contributed by atoms with van der Waals surface area (Å²) in [6, 6.07) is 7.92. The molecule has 0 fully saturated rings. The third kappa shape index (κ3) is 1.83. The van der Waals surface area contributed by atoms with Crippen LogP contribution in [-0.2, 0) is 18.3 Å². The van der Waals surface area contributed by atoms with Crippen LogP contribution in [0.5, 0.6) is 0 Å². The van der Waals surface area contributed by atoms with E-state index < -0.39 is 5.97 Å². The minimum atomic E-state index is -0.770. The molecule has 0 saturated heterocycles. The fourth-order valence-corrected chi connectivity index (χ4v) is 1.71. The van der Waals surface area contributed by atoms with Crippen molar-refractivity contribution in [1.29, 1.82) is 0 Å². The zero-order valence-corrected chi connectivity index (χ0v) is 8.53. The van der Waals surface area contributed by atoms with Crippen molar-refractivity contribution in [2.24, 2.45) is 7.05 Å². The highest BCUT2D eigenvalue weighted by molar-refractivity contribution is 5.71. The van der Waals surface area contributed by atoms with E-state index in [1.807, 2.05) is 35.9 Å². The number of aliphatic carboxylic acids is 1. The summed E-state index contributed by atoms with van der Waals surface area (Å²) >= 11 is 0. The van der Waals surface area contributed by atoms with E-state index in [0.29, 0.717) is 6.42 Å². The first-order valence-electron chi connectivity index (χ1n) is 4.86. The molecule has 0 saturated carbocycles. The van der Waals surface area contributed by atoms with E-state index in [0.717, 1.165) is 16.9 Å². The molecule has 15 heavy (non-hydrogen) atoms. The zero-order valence-electron chi connectivity index (χ0n) is 8.53. The van der Waals surface area contributed by atoms with Crippen LogP contribution in [0.3, 0.4) is 0 Å². The number of nitrogens with zero attached hydrogens (tertiary/aromatic N) is 1. The number of para-hydroxylation sites is 2. The lowest BCUT2D eigenvalue weighted by Gasteiger charge is -1.91. The third-order valence-electron chi connectivity index (χ3n) is 2.52. The van der Waals surface area contributed by atoms with Gasteiger partial charge in [0, 0.05) is 0 Å². The summed E-state index contributed by atoms with van der Waals surface area (Å²) in [5.74, 6) is 0.173. The van der Waals surface area contributed by atoms with E-state index in [1.54, 1.807) is 0 Å². The number of nitrogens with one attached hydrogen (secondary N) is 1. The van der Waals surface area contributed by atoms with Gasteiger partial charge in [0.05, 0.1) is 19.9 Å². The van der Waals surface area contributed by atoms with Gasteiger partial charge in [-0.1, -0.05) is 12.1 Å². The number of benzene rings is 1. The molecule has 2 aromatic rings. The number of imidazole rings is 1. The summed E-state index contributed by atoms with van der Waals surface area (Å²) in [6.45, 7) is 0. The monoisotopic (exact) mass is 205 g/mol. The minimum absolute atomic E-state index is 0.153. The first kappa shape index (κ1) is 9.71. The highest BCUT2D eigenvalue weighted by Crippen LogP contribution is 2.08. The van der Waals surface area contributed by atoms with Gasteiger partial charge in [-0.15, -0.1) is 0 Å². The molecule has 0 aliphatic carbocycles. The molecule has 0 bridgehead atoms. The Morgan fingerprint density at radius 2 is 2.20 bits per heavy atom. The number of carboxylic acid groups (broad SMARTS) is 1. The number of carboxylic acids is 1. The Morgan fingerprint density at radius 1 is 1.47 bits per heavy atom. The van der Waals surface area contributed by atoms with Crippen molar-refractivity contribution in [3.63, 3.8) is 0 Å². The van der Waals surface area contributed by atoms with Crippen molar-refractivity contribution in [3.8, 4) is 0 Å². The molecule has 1 aromatic carbocycles. The molecule has 0 amide bonds. The van der Waals surface area contributed by atoms with E-state index in [9.17, 15) is 4.79 Å². The second kappa shape index (κ2) is 3.73. The predicted octanol–water partition coefficient (Wildman–Crippen LogP) is 1.01. The van der Waals surface area contributed by atoms with Gasteiger partial charge in [-0.05, 0) is 12.1 Å². The first-order chi connectivity index (χ1) is 7.18. The van der Waals surface area contributed by atoms with E-state index in [1.165, 1.54) is 0 Å².